The number of methoxy groups -OCH3 is 3. The zero-order chi connectivity index (χ0) is 20.3. The van der Waals surface area contributed by atoms with Gasteiger partial charge in [0.2, 0.25) is 11.5 Å². The van der Waals surface area contributed by atoms with Crippen molar-refractivity contribution in [3.05, 3.63) is 59.0 Å². The Kier molecular flexibility index (Phi) is 5.90. The highest BCUT2D eigenvalue weighted by Crippen LogP contribution is 2.41. The molecular formula is C22H23NO4S. The highest BCUT2D eigenvalue weighted by molar-refractivity contribution is 7.18. The molecule has 0 aliphatic heterocycles. The smallest absolute Gasteiger partial charge is 0.205 e. The maximum atomic E-state index is 13.4. The number of carbonyl (C=O) groups is 1. The van der Waals surface area contributed by atoms with E-state index in [1.807, 2.05) is 55.4 Å². The molecule has 0 unspecified atom stereocenters. The minimum absolute atomic E-state index is 0.0878. The number of ketones is 1. The molecular weight excluding hydrogens is 374 g/mol. The highest BCUT2D eigenvalue weighted by Gasteiger charge is 2.23. The van der Waals surface area contributed by atoms with Gasteiger partial charge in [-0.05, 0) is 23.8 Å². The topological polar surface area (TPSA) is 48.0 Å². The van der Waals surface area contributed by atoms with Crippen molar-refractivity contribution >= 4 is 22.8 Å². The molecule has 6 heteroatoms. The summed E-state index contributed by atoms with van der Waals surface area (Å²) in [7, 11) is 8.48. The second-order valence-electron chi connectivity index (χ2n) is 6.33. The molecule has 3 aromatic rings. The van der Waals surface area contributed by atoms with Gasteiger partial charge in [-0.2, -0.15) is 0 Å². The van der Waals surface area contributed by atoms with Crippen molar-refractivity contribution in [3.63, 3.8) is 0 Å². The molecule has 0 N–H and O–H groups in total. The molecule has 0 atom stereocenters. The van der Waals surface area contributed by atoms with E-state index >= 15 is 0 Å². The lowest BCUT2D eigenvalue weighted by Gasteiger charge is -2.15. The third-order valence-corrected chi connectivity index (χ3v) is 5.56. The molecule has 0 aliphatic carbocycles. The van der Waals surface area contributed by atoms with E-state index in [-0.39, 0.29) is 5.78 Å². The molecule has 28 heavy (non-hydrogen) atoms. The van der Waals surface area contributed by atoms with Crippen LogP contribution in [0.1, 0.15) is 15.2 Å². The summed E-state index contributed by atoms with van der Waals surface area (Å²) in [5.74, 6) is 1.29. The predicted octanol–water partition coefficient (Wildman–Crippen LogP) is 4.74. The molecule has 0 saturated carbocycles. The van der Waals surface area contributed by atoms with Crippen molar-refractivity contribution in [2.24, 2.45) is 0 Å². The lowest BCUT2D eigenvalue weighted by atomic mass is 10.1. The summed E-state index contributed by atoms with van der Waals surface area (Å²) in [6, 6.07) is 15.5. The first-order valence-corrected chi connectivity index (χ1v) is 9.53. The zero-order valence-corrected chi connectivity index (χ0v) is 17.4. The Bertz CT molecular complexity index is 954. The van der Waals surface area contributed by atoms with Gasteiger partial charge in [-0.1, -0.05) is 30.3 Å². The number of benzene rings is 2. The molecule has 0 spiro atoms. The fourth-order valence-corrected chi connectivity index (χ4v) is 4.17. The van der Waals surface area contributed by atoms with Crippen LogP contribution in [-0.4, -0.2) is 41.2 Å². The first-order chi connectivity index (χ1) is 13.5. The Hall–Kier alpha value is -2.99. The minimum Gasteiger partial charge on any atom is -0.493 e. The number of thiophene rings is 1. The van der Waals surface area contributed by atoms with Crippen LogP contribution in [0.25, 0.3) is 10.4 Å². The zero-order valence-electron chi connectivity index (χ0n) is 16.6. The molecule has 2 aromatic carbocycles. The first-order valence-electron chi connectivity index (χ1n) is 8.71. The quantitative estimate of drug-likeness (QED) is 0.539. The molecule has 0 amide bonds. The second-order valence-corrected chi connectivity index (χ2v) is 7.38. The fourth-order valence-electron chi connectivity index (χ4n) is 2.96. The maximum Gasteiger partial charge on any atom is 0.205 e. The van der Waals surface area contributed by atoms with Crippen LogP contribution in [0.5, 0.6) is 17.2 Å². The van der Waals surface area contributed by atoms with Gasteiger partial charge in [-0.3, -0.25) is 4.79 Å². The van der Waals surface area contributed by atoms with Gasteiger partial charge in [0.25, 0.3) is 0 Å². The first kappa shape index (κ1) is 19.8. The number of rotatable bonds is 7. The normalized spacial score (nSPS) is 10.5. The van der Waals surface area contributed by atoms with E-state index in [1.54, 1.807) is 12.1 Å². The molecule has 3 rings (SSSR count). The number of hydrogen-bond acceptors (Lipinski definition) is 6. The molecule has 5 nitrogen and oxygen atoms in total. The van der Waals surface area contributed by atoms with Crippen LogP contribution in [0.3, 0.4) is 0 Å². The SMILES string of the molecule is COc1cc(C(=O)c2sc(-c3ccccc3)cc2N(C)C)cc(OC)c1OC. The van der Waals surface area contributed by atoms with E-state index < -0.39 is 0 Å². The molecule has 0 fully saturated rings. The van der Waals surface area contributed by atoms with Crippen molar-refractivity contribution in [2.45, 2.75) is 0 Å². The van der Waals surface area contributed by atoms with Crippen LogP contribution in [0.15, 0.2) is 48.5 Å². The molecule has 1 aromatic heterocycles. The van der Waals surface area contributed by atoms with Gasteiger partial charge in [0.05, 0.1) is 31.9 Å². The van der Waals surface area contributed by atoms with E-state index in [2.05, 4.69) is 0 Å². The van der Waals surface area contributed by atoms with Crippen molar-refractivity contribution in [3.8, 4) is 27.7 Å². The van der Waals surface area contributed by atoms with Crippen molar-refractivity contribution in [2.75, 3.05) is 40.3 Å². The van der Waals surface area contributed by atoms with Gasteiger partial charge in [0.1, 0.15) is 0 Å². The largest absolute Gasteiger partial charge is 0.493 e. The van der Waals surface area contributed by atoms with E-state index in [4.69, 9.17) is 14.2 Å². The van der Waals surface area contributed by atoms with Crippen molar-refractivity contribution in [1.82, 2.24) is 0 Å². The van der Waals surface area contributed by atoms with E-state index in [1.165, 1.54) is 32.7 Å². The summed E-state index contributed by atoms with van der Waals surface area (Å²) in [5, 5.41) is 0. The van der Waals surface area contributed by atoms with Crippen molar-refractivity contribution in [1.29, 1.82) is 0 Å². The Balaban J connectivity index is 2.11. The number of hydrogen-bond donors (Lipinski definition) is 0. The van der Waals surface area contributed by atoms with Gasteiger partial charge in [0.15, 0.2) is 11.5 Å². The van der Waals surface area contributed by atoms with Crippen LogP contribution >= 0.6 is 11.3 Å². The third kappa shape index (κ3) is 3.68. The molecule has 0 saturated heterocycles. The Morgan fingerprint density at radius 1 is 0.893 bits per heavy atom. The average molecular weight is 397 g/mol. The maximum absolute atomic E-state index is 13.4. The van der Waals surface area contributed by atoms with Gasteiger partial charge < -0.3 is 19.1 Å². The van der Waals surface area contributed by atoms with Crippen molar-refractivity contribution < 1.29 is 19.0 Å². The summed E-state index contributed by atoms with van der Waals surface area (Å²) in [4.78, 5) is 17.0. The molecule has 1 heterocycles. The van der Waals surface area contributed by atoms with Crippen LogP contribution in [-0.2, 0) is 0 Å². The van der Waals surface area contributed by atoms with Gasteiger partial charge >= 0.3 is 0 Å². The van der Waals surface area contributed by atoms with E-state index in [9.17, 15) is 4.79 Å². The van der Waals surface area contributed by atoms with Gasteiger partial charge in [0, 0.05) is 24.5 Å². The van der Waals surface area contributed by atoms with E-state index in [0.717, 1.165) is 16.1 Å². The van der Waals surface area contributed by atoms with Gasteiger partial charge in [-0.15, -0.1) is 11.3 Å². The number of carbonyl (C=O) groups excluding carboxylic acids is 1. The number of ether oxygens (including phenoxy) is 3. The second kappa shape index (κ2) is 8.35. The number of nitrogens with zero attached hydrogens (tertiary/aromatic N) is 1. The van der Waals surface area contributed by atoms with Crippen LogP contribution in [0.4, 0.5) is 5.69 Å². The standard InChI is InChI=1S/C22H23NO4S/c1-23(2)16-13-19(14-9-7-6-8-10-14)28-22(16)20(24)15-11-17(25-3)21(27-5)18(12-15)26-4/h6-13H,1-5H3. The Morgan fingerprint density at radius 2 is 1.50 bits per heavy atom. The van der Waals surface area contributed by atoms with Crippen LogP contribution in [0.2, 0.25) is 0 Å². The lowest BCUT2D eigenvalue weighted by Crippen LogP contribution is -2.12. The monoisotopic (exact) mass is 397 g/mol. The average Bonchev–Trinajstić information content (AvgIpc) is 3.18. The number of anilines is 1. The molecule has 0 bridgehead atoms. The predicted molar refractivity (Wildman–Crippen MR) is 114 cm³/mol. The summed E-state index contributed by atoms with van der Waals surface area (Å²) >= 11 is 1.48. The molecule has 146 valence electrons. The highest BCUT2D eigenvalue weighted by atomic mass is 32.1. The van der Waals surface area contributed by atoms with E-state index in [0.29, 0.717) is 27.7 Å². The lowest BCUT2D eigenvalue weighted by molar-refractivity contribution is 0.104. The Morgan fingerprint density at radius 3 is 2.00 bits per heavy atom. The summed E-state index contributed by atoms with van der Waals surface area (Å²) in [6.45, 7) is 0. The Labute approximate surface area is 169 Å². The van der Waals surface area contributed by atoms with Crippen LogP contribution in [0, 0.1) is 0 Å². The summed E-state index contributed by atoms with van der Waals surface area (Å²) < 4.78 is 16.1. The summed E-state index contributed by atoms with van der Waals surface area (Å²) in [6.07, 6.45) is 0. The third-order valence-electron chi connectivity index (χ3n) is 4.39. The molecule has 0 radical (unpaired) electrons. The minimum atomic E-state index is -0.0878. The van der Waals surface area contributed by atoms with Gasteiger partial charge in [-0.25, -0.2) is 0 Å². The summed E-state index contributed by atoms with van der Waals surface area (Å²) in [5.41, 5.74) is 2.45. The molecule has 0 aliphatic rings. The van der Waals surface area contributed by atoms with Crippen LogP contribution < -0.4 is 19.1 Å². The fraction of sp³-hybridized carbons (Fsp3) is 0.227.